The molecule has 0 aromatic carbocycles. The van der Waals surface area contributed by atoms with Crippen molar-refractivity contribution in [3.63, 3.8) is 0 Å². The second kappa shape index (κ2) is 3.24. The number of halogens is 1. The van der Waals surface area contributed by atoms with Gasteiger partial charge in [0.2, 0.25) is 0 Å². The average molecular weight is 214 g/mol. The Labute approximate surface area is 89.2 Å². The van der Waals surface area contributed by atoms with Crippen molar-refractivity contribution in [3.8, 4) is 0 Å². The molecular weight excluding hydrogens is 198 g/mol. The molecule has 0 unspecified atom stereocenters. The van der Waals surface area contributed by atoms with E-state index in [9.17, 15) is 0 Å². The van der Waals surface area contributed by atoms with Crippen LogP contribution in [0.2, 0.25) is 5.15 Å². The van der Waals surface area contributed by atoms with Gasteiger partial charge >= 0.3 is 0 Å². The third-order valence-electron chi connectivity index (χ3n) is 3.17. The van der Waals surface area contributed by atoms with Gasteiger partial charge in [0.05, 0.1) is 0 Å². The van der Waals surface area contributed by atoms with Crippen LogP contribution in [-0.4, -0.2) is 15.3 Å². The van der Waals surface area contributed by atoms with E-state index in [4.69, 9.17) is 17.3 Å². The summed E-state index contributed by atoms with van der Waals surface area (Å²) in [6, 6.07) is 0. The maximum absolute atomic E-state index is 6.03. The van der Waals surface area contributed by atoms with Gasteiger partial charge in [-0.2, -0.15) is 5.10 Å². The average Bonchev–Trinajstić information content (AvgIpc) is 2.78. The van der Waals surface area contributed by atoms with Crippen molar-refractivity contribution < 1.29 is 0 Å². The molecule has 4 heteroatoms. The molecule has 78 valence electrons. The zero-order valence-corrected chi connectivity index (χ0v) is 9.43. The molecule has 1 saturated carbocycles. The highest BCUT2D eigenvalue weighted by Gasteiger charge is 2.37. The smallest absolute Gasteiger partial charge is 0.154 e. The summed E-state index contributed by atoms with van der Waals surface area (Å²) in [6.45, 7) is 2.05. The molecule has 0 spiro atoms. The highest BCUT2D eigenvalue weighted by atomic mass is 35.5. The van der Waals surface area contributed by atoms with Crippen molar-refractivity contribution in [1.29, 1.82) is 0 Å². The Bertz CT molecular complexity index is 352. The standard InChI is InChI=1S/C10H16ClN3/c1-7-8(9(11)13-14(7)2)3-4-10(12)5-6-10/h3-6,12H2,1-2H3. The van der Waals surface area contributed by atoms with Crippen LogP contribution in [0.3, 0.4) is 0 Å². The second-order valence-electron chi connectivity index (χ2n) is 4.34. The molecule has 2 rings (SSSR count). The molecule has 1 aliphatic carbocycles. The molecule has 2 N–H and O–H groups in total. The van der Waals surface area contributed by atoms with Crippen molar-refractivity contribution in [2.24, 2.45) is 12.8 Å². The van der Waals surface area contributed by atoms with Crippen LogP contribution in [0.1, 0.15) is 30.5 Å². The lowest BCUT2D eigenvalue weighted by Crippen LogP contribution is -2.22. The van der Waals surface area contributed by atoms with Crippen LogP contribution in [-0.2, 0) is 13.5 Å². The van der Waals surface area contributed by atoms with Crippen molar-refractivity contribution in [3.05, 3.63) is 16.4 Å². The first-order valence-corrected chi connectivity index (χ1v) is 5.36. The maximum atomic E-state index is 6.03. The summed E-state index contributed by atoms with van der Waals surface area (Å²) >= 11 is 6.03. The number of rotatable bonds is 3. The minimum Gasteiger partial charge on any atom is -0.325 e. The first kappa shape index (κ1) is 9.99. The van der Waals surface area contributed by atoms with Crippen LogP contribution in [0.15, 0.2) is 0 Å². The third-order valence-corrected chi connectivity index (χ3v) is 3.48. The molecule has 0 radical (unpaired) electrons. The molecule has 0 saturated heterocycles. The largest absolute Gasteiger partial charge is 0.325 e. The molecule has 1 aromatic heterocycles. The van der Waals surface area contributed by atoms with E-state index in [0.717, 1.165) is 36.9 Å². The van der Waals surface area contributed by atoms with Gasteiger partial charge in [-0.15, -0.1) is 0 Å². The van der Waals surface area contributed by atoms with E-state index in [2.05, 4.69) is 5.10 Å². The van der Waals surface area contributed by atoms with E-state index in [0.29, 0.717) is 5.15 Å². The maximum Gasteiger partial charge on any atom is 0.154 e. The van der Waals surface area contributed by atoms with Gasteiger partial charge in [0.25, 0.3) is 0 Å². The molecule has 0 bridgehead atoms. The lowest BCUT2D eigenvalue weighted by Gasteiger charge is -2.07. The molecule has 1 aliphatic rings. The molecule has 1 aromatic rings. The molecule has 0 aliphatic heterocycles. The first-order valence-electron chi connectivity index (χ1n) is 4.99. The predicted octanol–water partition coefficient (Wildman–Crippen LogP) is 1.81. The van der Waals surface area contributed by atoms with Crippen LogP contribution < -0.4 is 5.73 Å². The summed E-state index contributed by atoms with van der Waals surface area (Å²) in [5, 5.41) is 4.81. The third kappa shape index (κ3) is 1.79. The van der Waals surface area contributed by atoms with E-state index in [1.807, 2.05) is 18.7 Å². The molecule has 3 nitrogen and oxygen atoms in total. The summed E-state index contributed by atoms with van der Waals surface area (Å²) in [5.74, 6) is 0. The molecule has 0 atom stereocenters. The number of aryl methyl sites for hydroxylation is 1. The quantitative estimate of drug-likeness (QED) is 0.832. The predicted molar refractivity (Wildman–Crippen MR) is 57.4 cm³/mol. The highest BCUT2D eigenvalue weighted by molar-refractivity contribution is 6.30. The topological polar surface area (TPSA) is 43.8 Å². The van der Waals surface area contributed by atoms with Crippen molar-refractivity contribution in [2.75, 3.05) is 0 Å². The van der Waals surface area contributed by atoms with E-state index in [1.54, 1.807) is 0 Å². The normalized spacial score (nSPS) is 18.6. The number of aromatic nitrogens is 2. The van der Waals surface area contributed by atoms with E-state index < -0.39 is 0 Å². The molecule has 0 amide bonds. The van der Waals surface area contributed by atoms with Crippen molar-refractivity contribution in [2.45, 2.75) is 38.1 Å². The SMILES string of the molecule is Cc1c(CCC2(N)CC2)c(Cl)nn1C. The monoisotopic (exact) mass is 213 g/mol. The number of hydrogen-bond acceptors (Lipinski definition) is 2. The molecule has 1 heterocycles. The Kier molecular flexibility index (Phi) is 2.32. The fourth-order valence-electron chi connectivity index (χ4n) is 1.68. The highest BCUT2D eigenvalue weighted by Crippen LogP contribution is 2.37. The van der Waals surface area contributed by atoms with Crippen LogP contribution in [0, 0.1) is 6.92 Å². The first-order chi connectivity index (χ1) is 6.52. The fourth-order valence-corrected chi connectivity index (χ4v) is 2.02. The van der Waals surface area contributed by atoms with Gasteiger partial charge in [0.15, 0.2) is 5.15 Å². The van der Waals surface area contributed by atoms with E-state index in [-0.39, 0.29) is 5.54 Å². The van der Waals surface area contributed by atoms with Gasteiger partial charge in [-0.1, -0.05) is 11.6 Å². The van der Waals surface area contributed by atoms with Crippen LogP contribution in [0.5, 0.6) is 0 Å². The Hall–Kier alpha value is -0.540. The van der Waals surface area contributed by atoms with Gasteiger partial charge in [-0.05, 0) is 32.6 Å². The fraction of sp³-hybridized carbons (Fsp3) is 0.700. The number of nitrogens with two attached hydrogens (primary N) is 1. The van der Waals surface area contributed by atoms with E-state index in [1.165, 1.54) is 0 Å². The van der Waals surface area contributed by atoms with Gasteiger partial charge in [-0.25, -0.2) is 0 Å². The van der Waals surface area contributed by atoms with Gasteiger partial charge in [-0.3, -0.25) is 4.68 Å². The second-order valence-corrected chi connectivity index (χ2v) is 4.70. The van der Waals surface area contributed by atoms with Gasteiger partial charge in [0.1, 0.15) is 0 Å². The lowest BCUT2D eigenvalue weighted by atomic mass is 10.1. The molecule has 1 fully saturated rings. The van der Waals surface area contributed by atoms with Gasteiger partial charge in [0, 0.05) is 23.8 Å². The van der Waals surface area contributed by atoms with Crippen molar-refractivity contribution in [1.82, 2.24) is 9.78 Å². The summed E-state index contributed by atoms with van der Waals surface area (Å²) < 4.78 is 1.83. The summed E-state index contributed by atoms with van der Waals surface area (Å²) in [7, 11) is 1.92. The minimum absolute atomic E-state index is 0.103. The summed E-state index contributed by atoms with van der Waals surface area (Å²) in [6.07, 6.45) is 4.29. The Morgan fingerprint density at radius 1 is 1.57 bits per heavy atom. The minimum atomic E-state index is 0.103. The number of nitrogens with zero attached hydrogens (tertiary/aromatic N) is 2. The molecular formula is C10H16ClN3. The van der Waals surface area contributed by atoms with Crippen LogP contribution in [0.25, 0.3) is 0 Å². The Morgan fingerprint density at radius 2 is 2.21 bits per heavy atom. The lowest BCUT2D eigenvalue weighted by molar-refractivity contribution is 0.607. The number of hydrogen-bond donors (Lipinski definition) is 1. The Balaban J connectivity index is 2.08. The summed E-state index contributed by atoms with van der Waals surface area (Å²) in [5.41, 5.74) is 8.44. The van der Waals surface area contributed by atoms with Gasteiger partial charge < -0.3 is 5.73 Å². The van der Waals surface area contributed by atoms with E-state index >= 15 is 0 Å². The zero-order chi connectivity index (χ0) is 10.3. The molecule has 14 heavy (non-hydrogen) atoms. The van der Waals surface area contributed by atoms with Crippen LogP contribution in [0.4, 0.5) is 0 Å². The Morgan fingerprint density at radius 3 is 2.64 bits per heavy atom. The zero-order valence-electron chi connectivity index (χ0n) is 8.68. The summed E-state index contributed by atoms with van der Waals surface area (Å²) in [4.78, 5) is 0. The van der Waals surface area contributed by atoms with Crippen LogP contribution >= 0.6 is 11.6 Å². The van der Waals surface area contributed by atoms with Crippen molar-refractivity contribution >= 4 is 11.6 Å².